The number of rotatable bonds is 7. The Labute approximate surface area is 186 Å². The molecule has 0 aliphatic carbocycles. The molecule has 5 nitrogen and oxygen atoms in total. The molecule has 0 bridgehead atoms. The molecule has 1 aliphatic heterocycles. The van der Waals surface area contributed by atoms with Crippen molar-refractivity contribution in [3.05, 3.63) is 71.6 Å². The molecule has 2 heterocycles. The SMILES string of the molecule is CCc1cnc(N2CCC(COc3c(F)cc(-c4ccc(CO)cc4)cc3F)CC2)nc1. The highest BCUT2D eigenvalue weighted by Crippen LogP contribution is 2.30. The fraction of sp³-hybridized carbons (Fsp3) is 0.360. The maximum Gasteiger partial charge on any atom is 0.225 e. The third kappa shape index (κ3) is 5.05. The van der Waals surface area contributed by atoms with Crippen LogP contribution in [0.4, 0.5) is 14.7 Å². The van der Waals surface area contributed by atoms with Gasteiger partial charge in [-0.15, -0.1) is 0 Å². The minimum absolute atomic E-state index is 0.0765. The van der Waals surface area contributed by atoms with Gasteiger partial charge in [-0.05, 0) is 59.6 Å². The molecule has 1 N–H and O–H groups in total. The lowest BCUT2D eigenvalue weighted by Gasteiger charge is -2.31. The van der Waals surface area contributed by atoms with Gasteiger partial charge in [0, 0.05) is 25.5 Å². The Morgan fingerprint density at radius 1 is 0.969 bits per heavy atom. The summed E-state index contributed by atoms with van der Waals surface area (Å²) in [5.74, 6) is -0.824. The van der Waals surface area contributed by atoms with Crippen molar-refractivity contribution in [3.63, 3.8) is 0 Å². The van der Waals surface area contributed by atoms with Crippen molar-refractivity contribution in [2.45, 2.75) is 32.8 Å². The van der Waals surface area contributed by atoms with Crippen LogP contribution in [0.5, 0.6) is 5.75 Å². The second kappa shape index (κ2) is 10.0. The van der Waals surface area contributed by atoms with Crippen LogP contribution in [0.2, 0.25) is 0 Å². The summed E-state index contributed by atoms with van der Waals surface area (Å²) in [5, 5.41) is 9.14. The van der Waals surface area contributed by atoms with Crippen molar-refractivity contribution in [2.24, 2.45) is 5.92 Å². The first kappa shape index (κ1) is 22.1. The Morgan fingerprint density at radius 3 is 2.16 bits per heavy atom. The van der Waals surface area contributed by atoms with E-state index in [-0.39, 0.29) is 24.9 Å². The zero-order chi connectivity index (χ0) is 22.5. The van der Waals surface area contributed by atoms with Crippen LogP contribution < -0.4 is 9.64 Å². The van der Waals surface area contributed by atoms with E-state index in [4.69, 9.17) is 9.84 Å². The number of hydrogen-bond acceptors (Lipinski definition) is 5. The average molecular weight is 440 g/mol. The zero-order valence-electron chi connectivity index (χ0n) is 18.1. The first-order chi connectivity index (χ1) is 15.6. The Morgan fingerprint density at radius 2 is 1.59 bits per heavy atom. The predicted octanol–water partition coefficient (Wildman–Crippen LogP) is 4.77. The molecule has 1 fully saturated rings. The van der Waals surface area contributed by atoms with E-state index in [1.165, 1.54) is 12.1 Å². The number of hydrogen-bond donors (Lipinski definition) is 1. The molecular weight excluding hydrogens is 412 g/mol. The summed E-state index contributed by atoms with van der Waals surface area (Å²) in [7, 11) is 0. The predicted molar refractivity (Wildman–Crippen MR) is 120 cm³/mol. The molecule has 2 aromatic carbocycles. The molecule has 1 aromatic heterocycles. The smallest absolute Gasteiger partial charge is 0.225 e. The molecule has 0 radical (unpaired) electrons. The van der Waals surface area contributed by atoms with Crippen LogP contribution >= 0.6 is 0 Å². The Kier molecular flexibility index (Phi) is 6.95. The number of aromatic nitrogens is 2. The molecule has 32 heavy (non-hydrogen) atoms. The molecule has 7 heteroatoms. The Balaban J connectivity index is 1.34. The van der Waals surface area contributed by atoms with E-state index < -0.39 is 11.6 Å². The van der Waals surface area contributed by atoms with E-state index in [1.54, 1.807) is 24.3 Å². The monoisotopic (exact) mass is 439 g/mol. The van der Waals surface area contributed by atoms with Crippen LogP contribution in [0.1, 0.15) is 30.9 Å². The Bertz CT molecular complexity index is 1010. The lowest BCUT2D eigenvalue weighted by atomic mass is 9.98. The van der Waals surface area contributed by atoms with Crippen molar-refractivity contribution in [1.82, 2.24) is 9.97 Å². The number of aliphatic hydroxyl groups is 1. The second-order valence-electron chi connectivity index (χ2n) is 8.11. The van der Waals surface area contributed by atoms with Gasteiger partial charge in [-0.1, -0.05) is 31.2 Å². The van der Waals surface area contributed by atoms with Gasteiger partial charge in [0.05, 0.1) is 13.2 Å². The van der Waals surface area contributed by atoms with Gasteiger partial charge in [0.15, 0.2) is 17.4 Å². The van der Waals surface area contributed by atoms with E-state index in [2.05, 4.69) is 21.8 Å². The summed E-state index contributed by atoms with van der Waals surface area (Å²) in [5.41, 5.74) is 2.95. The highest BCUT2D eigenvalue weighted by molar-refractivity contribution is 5.65. The second-order valence-corrected chi connectivity index (χ2v) is 8.11. The normalized spacial score (nSPS) is 14.6. The lowest BCUT2D eigenvalue weighted by molar-refractivity contribution is 0.207. The minimum atomic E-state index is -0.715. The third-order valence-electron chi connectivity index (χ3n) is 5.93. The maximum absolute atomic E-state index is 14.6. The summed E-state index contributed by atoms with van der Waals surface area (Å²) in [6, 6.07) is 9.48. The number of benzene rings is 2. The first-order valence-electron chi connectivity index (χ1n) is 10.9. The summed E-state index contributed by atoms with van der Waals surface area (Å²) < 4.78 is 34.8. The number of aryl methyl sites for hydroxylation is 1. The number of anilines is 1. The maximum atomic E-state index is 14.6. The topological polar surface area (TPSA) is 58.5 Å². The van der Waals surface area contributed by atoms with Gasteiger partial charge in [0.1, 0.15) is 0 Å². The van der Waals surface area contributed by atoms with E-state index >= 15 is 0 Å². The highest BCUT2D eigenvalue weighted by Gasteiger charge is 2.23. The molecule has 4 rings (SSSR count). The van der Waals surface area contributed by atoms with E-state index in [0.29, 0.717) is 11.1 Å². The quantitative estimate of drug-likeness (QED) is 0.575. The van der Waals surface area contributed by atoms with E-state index in [9.17, 15) is 8.78 Å². The fourth-order valence-electron chi connectivity index (χ4n) is 3.86. The summed E-state index contributed by atoms with van der Waals surface area (Å²) in [4.78, 5) is 11.0. The lowest BCUT2D eigenvalue weighted by Crippen LogP contribution is -2.36. The standard InChI is InChI=1S/C25H27F2N3O2/c1-2-17-13-28-25(29-14-17)30-9-7-19(8-10-30)16-32-24-22(26)11-21(12-23(24)27)20-5-3-18(15-31)4-6-20/h3-6,11-14,19,31H,2,7-10,15-16H2,1H3. The van der Waals surface area contributed by atoms with Gasteiger partial charge >= 0.3 is 0 Å². The van der Waals surface area contributed by atoms with E-state index in [0.717, 1.165) is 49.4 Å². The van der Waals surface area contributed by atoms with Gasteiger partial charge in [0.25, 0.3) is 0 Å². The fourth-order valence-corrected chi connectivity index (χ4v) is 3.86. The molecule has 0 atom stereocenters. The summed E-state index contributed by atoms with van der Waals surface area (Å²) >= 11 is 0. The van der Waals surface area contributed by atoms with Gasteiger partial charge in [-0.3, -0.25) is 0 Å². The molecule has 1 aliphatic rings. The van der Waals surface area contributed by atoms with Crippen molar-refractivity contribution in [2.75, 3.05) is 24.6 Å². The van der Waals surface area contributed by atoms with Crippen LogP contribution in [-0.4, -0.2) is 34.8 Å². The van der Waals surface area contributed by atoms with Crippen LogP contribution in [0.15, 0.2) is 48.8 Å². The summed E-state index contributed by atoms with van der Waals surface area (Å²) in [6.45, 7) is 3.83. The van der Waals surface area contributed by atoms with Crippen LogP contribution in [0.3, 0.4) is 0 Å². The number of aliphatic hydroxyl groups excluding tert-OH is 1. The molecular formula is C25H27F2N3O2. The zero-order valence-corrected chi connectivity index (χ0v) is 18.1. The third-order valence-corrected chi connectivity index (χ3v) is 5.93. The molecule has 0 amide bonds. The first-order valence-corrected chi connectivity index (χ1v) is 10.9. The van der Waals surface area contributed by atoms with Gasteiger partial charge in [-0.2, -0.15) is 0 Å². The van der Waals surface area contributed by atoms with Crippen molar-refractivity contribution >= 4 is 5.95 Å². The summed E-state index contributed by atoms with van der Waals surface area (Å²) in [6.07, 6.45) is 6.31. The van der Waals surface area contributed by atoms with Crippen LogP contribution in [0, 0.1) is 17.6 Å². The van der Waals surface area contributed by atoms with Crippen LogP contribution in [-0.2, 0) is 13.0 Å². The van der Waals surface area contributed by atoms with Crippen molar-refractivity contribution in [1.29, 1.82) is 0 Å². The largest absolute Gasteiger partial charge is 0.487 e. The number of halogens is 2. The molecule has 0 spiro atoms. The Hall–Kier alpha value is -3.06. The molecule has 168 valence electrons. The molecule has 0 saturated carbocycles. The van der Waals surface area contributed by atoms with Crippen molar-refractivity contribution in [3.8, 4) is 16.9 Å². The van der Waals surface area contributed by atoms with Crippen LogP contribution in [0.25, 0.3) is 11.1 Å². The minimum Gasteiger partial charge on any atom is -0.487 e. The highest BCUT2D eigenvalue weighted by atomic mass is 19.1. The average Bonchev–Trinajstić information content (AvgIpc) is 2.84. The molecule has 3 aromatic rings. The number of ether oxygens (including phenoxy) is 1. The number of nitrogens with zero attached hydrogens (tertiary/aromatic N) is 3. The van der Waals surface area contributed by atoms with Gasteiger partial charge in [0.2, 0.25) is 5.95 Å². The van der Waals surface area contributed by atoms with Crippen molar-refractivity contribution < 1.29 is 18.6 Å². The molecule has 0 unspecified atom stereocenters. The molecule has 1 saturated heterocycles. The van der Waals surface area contributed by atoms with Gasteiger partial charge in [-0.25, -0.2) is 18.7 Å². The number of piperidine rings is 1. The van der Waals surface area contributed by atoms with E-state index in [1.807, 2.05) is 12.4 Å². The van der Waals surface area contributed by atoms with Gasteiger partial charge < -0.3 is 14.7 Å².